The van der Waals surface area contributed by atoms with E-state index in [4.69, 9.17) is 4.42 Å². The van der Waals surface area contributed by atoms with Gasteiger partial charge in [0.05, 0.1) is 12.7 Å². The molecule has 0 bridgehead atoms. The molecule has 1 heterocycles. The number of rotatable bonds is 4. The van der Waals surface area contributed by atoms with E-state index in [1.165, 1.54) is 0 Å². The van der Waals surface area contributed by atoms with Crippen molar-refractivity contribution in [2.24, 2.45) is 0 Å². The smallest absolute Gasteiger partial charge is 0.396 e. The van der Waals surface area contributed by atoms with Crippen molar-refractivity contribution < 1.29 is 17.6 Å². The third-order valence-corrected chi connectivity index (χ3v) is 2.10. The minimum Gasteiger partial charge on any atom is -0.444 e. The Bertz CT molecular complexity index is 330. The molecule has 0 unspecified atom stereocenters. The minimum absolute atomic E-state index is 0.130. The molecule has 1 fully saturated rings. The second kappa shape index (κ2) is 3.84. The lowest BCUT2D eigenvalue weighted by atomic mass is 10.3. The Morgan fingerprint density at radius 1 is 1.47 bits per heavy atom. The summed E-state index contributed by atoms with van der Waals surface area (Å²) in [7, 11) is 0. The van der Waals surface area contributed by atoms with Gasteiger partial charge in [-0.2, -0.15) is 13.2 Å². The van der Waals surface area contributed by atoms with Gasteiger partial charge >= 0.3 is 6.18 Å². The van der Waals surface area contributed by atoms with Gasteiger partial charge in [-0.05, 0) is 12.8 Å². The Morgan fingerprint density at radius 3 is 2.80 bits per heavy atom. The van der Waals surface area contributed by atoms with Crippen LogP contribution in [0.5, 0.6) is 0 Å². The molecule has 2 rings (SSSR count). The molecule has 1 aliphatic rings. The van der Waals surface area contributed by atoms with Crippen molar-refractivity contribution in [3.8, 4) is 0 Å². The van der Waals surface area contributed by atoms with Gasteiger partial charge in [-0.25, -0.2) is 4.98 Å². The first-order valence-corrected chi connectivity index (χ1v) is 4.77. The molecule has 15 heavy (non-hydrogen) atoms. The van der Waals surface area contributed by atoms with Crippen LogP contribution in [-0.4, -0.2) is 17.2 Å². The van der Waals surface area contributed by atoms with Crippen LogP contribution in [-0.2, 0) is 13.0 Å². The van der Waals surface area contributed by atoms with Gasteiger partial charge in [-0.1, -0.05) is 0 Å². The highest BCUT2D eigenvalue weighted by molar-refractivity contribution is 4.96. The normalized spacial score (nSPS) is 17.0. The Balaban J connectivity index is 1.85. The highest BCUT2D eigenvalue weighted by atomic mass is 19.4. The summed E-state index contributed by atoms with van der Waals surface area (Å²) in [6, 6.07) is 0.489. The summed E-state index contributed by atoms with van der Waals surface area (Å²) in [5.41, 5.74) is 0. The molecular formula is C9H11F3N2O. The van der Waals surface area contributed by atoms with Crippen LogP contribution in [0.1, 0.15) is 24.5 Å². The van der Waals surface area contributed by atoms with Crippen molar-refractivity contribution in [1.82, 2.24) is 10.3 Å². The van der Waals surface area contributed by atoms with Crippen LogP contribution >= 0.6 is 0 Å². The summed E-state index contributed by atoms with van der Waals surface area (Å²) >= 11 is 0. The fraction of sp³-hybridized carbons (Fsp3) is 0.667. The fourth-order valence-corrected chi connectivity index (χ4v) is 1.23. The predicted octanol–water partition coefficient (Wildman–Crippen LogP) is 2.03. The van der Waals surface area contributed by atoms with Gasteiger partial charge in [-0.15, -0.1) is 0 Å². The van der Waals surface area contributed by atoms with E-state index in [2.05, 4.69) is 10.3 Å². The van der Waals surface area contributed by atoms with Crippen LogP contribution in [0.2, 0.25) is 0 Å². The van der Waals surface area contributed by atoms with Crippen molar-refractivity contribution in [2.75, 3.05) is 0 Å². The lowest BCUT2D eigenvalue weighted by Crippen LogP contribution is -2.15. The molecule has 3 nitrogen and oxygen atoms in total. The van der Waals surface area contributed by atoms with E-state index in [1.807, 2.05) is 0 Å². The van der Waals surface area contributed by atoms with E-state index < -0.39 is 12.6 Å². The van der Waals surface area contributed by atoms with Crippen LogP contribution in [0.3, 0.4) is 0 Å². The molecule has 84 valence electrons. The summed E-state index contributed by atoms with van der Waals surface area (Å²) in [4.78, 5) is 3.77. The molecular weight excluding hydrogens is 209 g/mol. The van der Waals surface area contributed by atoms with E-state index in [0.29, 0.717) is 18.5 Å². The summed E-state index contributed by atoms with van der Waals surface area (Å²) in [6.07, 6.45) is -1.91. The minimum atomic E-state index is -4.24. The molecule has 1 aromatic heterocycles. The van der Waals surface area contributed by atoms with Gasteiger partial charge in [0.1, 0.15) is 12.2 Å². The highest BCUT2D eigenvalue weighted by Gasteiger charge is 2.30. The number of aromatic nitrogens is 1. The monoisotopic (exact) mass is 220 g/mol. The van der Waals surface area contributed by atoms with Gasteiger partial charge in [0.2, 0.25) is 5.89 Å². The Labute approximate surface area is 84.7 Å². The van der Waals surface area contributed by atoms with E-state index in [0.717, 1.165) is 19.0 Å². The summed E-state index contributed by atoms with van der Waals surface area (Å²) in [5, 5.41) is 3.11. The fourth-order valence-electron chi connectivity index (χ4n) is 1.23. The van der Waals surface area contributed by atoms with E-state index in [9.17, 15) is 13.2 Å². The van der Waals surface area contributed by atoms with Crippen molar-refractivity contribution in [1.29, 1.82) is 0 Å². The first-order valence-electron chi connectivity index (χ1n) is 4.77. The average Bonchev–Trinajstić information content (AvgIpc) is 2.83. The van der Waals surface area contributed by atoms with Crippen LogP contribution in [0.25, 0.3) is 0 Å². The first-order chi connectivity index (χ1) is 7.03. The number of halogens is 3. The van der Waals surface area contributed by atoms with Crippen molar-refractivity contribution in [3.05, 3.63) is 17.8 Å². The van der Waals surface area contributed by atoms with Gasteiger partial charge in [0, 0.05) is 6.04 Å². The molecule has 0 aromatic carbocycles. The molecule has 0 saturated heterocycles. The molecule has 0 atom stereocenters. The quantitative estimate of drug-likeness (QED) is 0.843. The third kappa shape index (κ3) is 3.54. The number of nitrogens with zero attached hydrogens (tertiary/aromatic N) is 1. The van der Waals surface area contributed by atoms with Gasteiger partial charge in [0.25, 0.3) is 0 Å². The second-order valence-electron chi connectivity index (χ2n) is 3.67. The Kier molecular flexibility index (Phi) is 2.68. The molecule has 0 amide bonds. The number of hydrogen-bond acceptors (Lipinski definition) is 3. The summed E-state index contributed by atoms with van der Waals surface area (Å²) in [5.74, 6) is 0.191. The van der Waals surface area contributed by atoms with Crippen molar-refractivity contribution in [2.45, 2.75) is 38.0 Å². The summed E-state index contributed by atoms with van der Waals surface area (Å²) < 4.78 is 40.9. The maximum atomic E-state index is 12.0. The first kappa shape index (κ1) is 10.5. The number of hydrogen-bond donors (Lipinski definition) is 1. The van der Waals surface area contributed by atoms with E-state index in [1.54, 1.807) is 0 Å². The maximum absolute atomic E-state index is 12.0. The Morgan fingerprint density at radius 2 is 2.20 bits per heavy atom. The Hall–Kier alpha value is -1.04. The van der Waals surface area contributed by atoms with Gasteiger partial charge in [-0.3, -0.25) is 0 Å². The maximum Gasteiger partial charge on any atom is 0.396 e. The van der Waals surface area contributed by atoms with Crippen LogP contribution in [0.4, 0.5) is 13.2 Å². The third-order valence-electron chi connectivity index (χ3n) is 2.10. The summed E-state index contributed by atoms with van der Waals surface area (Å²) in [6.45, 7) is 0.405. The van der Waals surface area contributed by atoms with Gasteiger partial charge < -0.3 is 9.73 Å². The molecule has 0 spiro atoms. The van der Waals surface area contributed by atoms with Crippen LogP contribution < -0.4 is 5.32 Å². The predicted molar refractivity (Wildman–Crippen MR) is 46.1 cm³/mol. The molecule has 0 radical (unpaired) electrons. The molecule has 0 aliphatic heterocycles. The topological polar surface area (TPSA) is 38.1 Å². The van der Waals surface area contributed by atoms with Gasteiger partial charge in [0.15, 0.2) is 0 Å². The number of nitrogens with one attached hydrogen (secondary N) is 1. The largest absolute Gasteiger partial charge is 0.444 e. The average molecular weight is 220 g/mol. The highest BCUT2D eigenvalue weighted by Crippen LogP contribution is 2.22. The van der Waals surface area contributed by atoms with Crippen molar-refractivity contribution in [3.63, 3.8) is 0 Å². The van der Waals surface area contributed by atoms with Crippen LogP contribution in [0, 0.1) is 0 Å². The zero-order valence-electron chi connectivity index (χ0n) is 7.97. The lowest BCUT2D eigenvalue weighted by molar-refractivity contribution is -0.130. The van der Waals surface area contributed by atoms with Crippen molar-refractivity contribution >= 4 is 0 Å². The number of oxazole rings is 1. The second-order valence-corrected chi connectivity index (χ2v) is 3.67. The molecule has 1 saturated carbocycles. The molecule has 6 heteroatoms. The molecule has 1 N–H and O–H groups in total. The molecule has 1 aliphatic carbocycles. The van der Waals surface area contributed by atoms with Crippen LogP contribution in [0.15, 0.2) is 10.6 Å². The SMILES string of the molecule is FC(F)(F)Cc1cnc(CNC2CC2)o1. The molecule has 1 aromatic rings. The zero-order chi connectivity index (χ0) is 10.9. The van der Waals surface area contributed by atoms with E-state index >= 15 is 0 Å². The standard InChI is InChI=1S/C9H11F3N2O/c10-9(11,12)3-7-4-14-8(15-7)5-13-6-1-2-6/h4,6,13H,1-3,5H2. The lowest BCUT2D eigenvalue weighted by Gasteiger charge is -2.01. The zero-order valence-corrected chi connectivity index (χ0v) is 7.97. The number of alkyl halides is 3. The van der Waals surface area contributed by atoms with E-state index in [-0.39, 0.29) is 5.76 Å².